The van der Waals surface area contributed by atoms with Crippen LogP contribution in [-0.4, -0.2) is 34.8 Å². The molecule has 1 aliphatic carbocycles. The summed E-state index contributed by atoms with van der Waals surface area (Å²) in [5.74, 6) is 0.710. The van der Waals surface area contributed by atoms with Crippen LogP contribution in [0.1, 0.15) is 72.1 Å². The Morgan fingerprint density at radius 3 is 2.57 bits per heavy atom. The highest BCUT2D eigenvalue weighted by Crippen LogP contribution is 2.33. The van der Waals surface area contributed by atoms with Crippen LogP contribution in [-0.2, 0) is 9.59 Å². The van der Waals surface area contributed by atoms with Crippen LogP contribution in [0.4, 0.5) is 0 Å². The van der Waals surface area contributed by atoms with E-state index in [1.54, 1.807) is 0 Å². The van der Waals surface area contributed by atoms with Gasteiger partial charge in [-0.05, 0) is 32.1 Å². The number of hydrogen-bond donors (Lipinski definition) is 1. The second kappa shape index (κ2) is 6.80. The molecule has 1 aliphatic heterocycles. The molecule has 0 aromatic rings. The first-order valence-electron chi connectivity index (χ1n) is 8.60. The summed E-state index contributed by atoms with van der Waals surface area (Å²) in [5, 5.41) is 3.08. The van der Waals surface area contributed by atoms with Crippen LogP contribution < -0.4 is 5.32 Å². The summed E-state index contributed by atoms with van der Waals surface area (Å²) in [5.41, 5.74) is -0.605. The minimum atomic E-state index is -0.605. The second-order valence-electron chi connectivity index (χ2n) is 7.10. The van der Waals surface area contributed by atoms with Gasteiger partial charge >= 0.3 is 0 Å². The summed E-state index contributed by atoms with van der Waals surface area (Å²) in [7, 11) is 0. The molecular weight excluding hydrogens is 264 g/mol. The average Bonchev–Trinajstić information content (AvgIpc) is 2.51. The van der Waals surface area contributed by atoms with E-state index in [-0.39, 0.29) is 17.9 Å². The molecule has 2 aliphatic rings. The Labute approximate surface area is 128 Å². The maximum Gasteiger partial charge on any atom is 0.248 e. The lowest BCUT2D eigenvalue weighted by molar-refractivity contribution is -0.142. The van der Waals surface area contributed by atoms with Gasteiger partial charge in [-0.3, -0.25) is 9.59 Å². The molecule has 0 aromatic heterocycles. The fourth-order valence-corrected chi connectivity index (χ4v) is 3.90. The Morgan fingerprint density at radius 2 is 1.95 bits per heavy atom. The summed E-state index contributed by atoms with van der Waals surface area (Å²) in [6.07, 6.45) is 7.58. The van der Waals surface area contributed by atoms with E-state index in [0.29, 0.717) is 12.3 Å². The van der Waals surface area contributed by atoms with Crippen molar-refractivity contribution in [3.05, 3.63) is 0 Å². The Hall–Kier alpha value is -1.06. The zero-order chi connectivity index (χ0) is 15.5. The monoisotopic (exact) mass is 294 g/mol. The summed E-state index contributed by atoms with van der Waals surface area (Å²) in [6.45, 7) is 7.18. The van der Waals surface area contributed by atoms with Gasteiger partial charge in [-0.2, -0.15) is 0 Å². The number of nitrogens with one attached hydrogen (secondary N) is 1. The largest absolute Gasteiger partial charge is 0.342 e. The lowest BCUT2D eigenvalue weighted by atomic mass is 9.80. The van der Waals surface area contributed by atoms with Crippen molar-refractivity contribution in [1.82, 2.24) is 10.2 Å². The van der Waals surface area contributed by atoms with Crippen molar-refractivity contribution in [3.63, 3.8) is 0 Å². The first-order valence-corrected chi connectivity index (χ1v) is 8.60. The molecule has 1 spiro atoms. The van der Waals surface area contributed by atoms with E-state index >= 15 is 0 Å². The summed E-state index contributed by atoms with van der Waals surface area (Å²) in [4.78, 5) is 27.3. The van der Waals surface area contributed by atoms with Gasteiger partial charge < -0.3 is 10.2 Å². The number of amides is 2. The molecule has 2 unspecified atom stereocenters. The zero-order valence-electron chi connectivity index (χ0n) is 13.8. The first-order chi connectivity index (χ1) is 9.98. The first kappa shape index (κ1) is 16.3. The molecule has 2 fully saturated rings. The van der Waals surface area contributed by atoms with Gasteiger partial charge in [0.15, 0.2) is 0 Å². The standard InChI is InChI=1S/C17H30N2O2/c1-4-8-13(2)12-19-14(3)11-15(20)18-17(16(19)21)9-6-5-7-10-17/h13-14H,4-12H2,1-3H3,(H,18,20). The smallest absolute Gasteiger partial charge is 0.248 e. The van der Waals surface area contributed by atoms with Crippen LogP contribution in [0, 0.1) is 5.92 Å². The van der Waals surface area contributed by atoms with E-state index in [0.717, 1.165) is 45.1 Å². The van der Waals surface area contributed by atoms with Crippen LogP contribution in [0.15, 0.2) is 0 Å². The van der Waals surface area contributed by atoms with Crippen molar-refractivity contribution in [2.24, 2.45) is 5.92 Å². The van der Waals surface area contributed by atoms with E-state index in [2.05, 4.69) is 19.2 Å². The molecule has 120 valence electrons. The lowest BCUT2D eigenvalue weighted by Gasteiger charge is -2.40. The van der Waals surface area contributed by atoms with E-state index in [4.69, 9.17) is 0 Å². The SMILES string of the molecule is CCCC(C)CN1C(=O)C2(CCCCC2)NC(=O)CC1C. The Balaban J connectivity index is 2.20. The molecule has 21 heavy (non-hydrogen) atoms. The molecule has 2 rings (SSSR count). The quantitative estimate of drug-likeness (QED) is 0.866. The summed E-state index contributed by atoms with van der Waals surface area (Å²) >= 11 is 0. The second-order valence-corrected chi connectivity index (χ2v) is 7.10. The highest BCUT2D eigenvalue weighted by Gasteiger charge is 2.46. The van der Waals surface area contributed by atoms with Gasteiger partial charge in [0.05, 0.1) is 0 Å². The normalized spacial score (nSPS) is 27.4. The Kier molecular flexibility index (Phi) is 5.28. The van der Waals surface area contributed by atoms with Crippen LogP contribution in [0.5, 0.6) is 0 Å². The molecular formula is C17H30N2O2. The third-order valence-corrected chi connectivity index (χ3v) is 5.06. The predicted octanol–water partition coefficient (Wildman–Crippen LogP) is 2.86. The molecule has 1 N–H and O–H groups in total. The number of hydrogen-bond acceptors (Lipinski definition) is 2. The molecule has 1 saturated carbocycles. The average molecular weight is 294 g/mol. The number of rotatable bonds is 4. The van der Waals surface area contributed by atoms with Crippen LogP contribution in [0.25, 0.3) is 0 Å². The number of carbonyl (C=O) groups excluding carboxylic acids is 2. The van der Waals surface area contributed by atoms with Crippen LogP contribution >= 0.6 is 0 Å². The van der Waals surface area contributed by atoms with E-state index < -0.39 is 5.54 Å². The number of nitrogens with zero attached hydrogens (tertiary/aromatic N) is 1. The van der Waals surface area contributed by atoms with Crippen LogP contribution in [0.3, 0.4) is 0 Å². The highest BCUT2D eigenvalue weighted by atomic mass is 16.2. The maximum atomic E-state index is 13.1. The Bertz CT molecular complexity index is 388. The van der Waals surface area contributed by atoms with Crippen molar-refractivity contribution in [2.75, 3.05) is 6.54 Å². The fourth-order valence-electron chi connectivity index (χ4n) is 3.90. The fraction of sp³-hybridized carbons (Fsp3) is 0.882. The number of carbonyl (C=O) groups is 2. The molecule has 0 bridgehead atoms. The van der Waals surface area contributed by atoms with Crippen LogP contribution in [0.2, 0.25) is 0 Å². The summed E-state index contributed by atoms with van der Waals surface area (Å²) < 4.78 is 0. The summed E-state index contributed by atoms with van der Waals surface area (Å²) in [6, 6.07) is 0.0121. The van der Waals surface area contributed by atoms with Crippen molar-refractivity contribution >= 4 is 11.8 Å². The van der Waals surface area contributed by atoms with Gasteiger partial charge in [-0.15, -0.1) is 0 Å². The van der Waals surface area contributed by atoms with Gasteiger partial charge in [0.1, 0.15) is 5.54 Å². The maximum absolute atomic E-state index is 13.1. The minimum absolute atomic E-state index is 0.0121. The lowest BCUT2D eigenvalue weighted by Crippen LogP contribution is -2.59. The topological polar surface area (TPSA) is 49.4 Å². The minimum Gasteiger partial charge on any atom is -0.342 e. The van der Waals surface area contributed by atoms with Gasteiger partial charge in [0.25, 0.3) is 0 Å². The van der Waals surface area contributed by atoms with E-state index in [1.807, 2.05) is 11.8 Å². The predicted molar refractivity (Wildman–Crippen MR) is 83.8 cm³/mol. The molecule has 4 heteroatoms. The highest BCUT2D eigenvalue weighted by molar-refractivity contribution is 5.94. The molecule has 1 saturated heterocycles. The van der Waals surface area contributed by atoms with E-state index in [1.165, 1.54) is 6.42 Å². The van der Waals surface area contributed by atoms with Crippen molar-refractivity contribution < 1.29 is 9.59 Å². The van der Waals surface area contributed by atoms with Crippen molar-refractivity contribution in [2.45, 2.75) is 83.7 Å². The third-order valence-electron chi connectivity index (χ3n) is 5.06. The molecule has 1 heterocycles. The Morgan fingerprint density at radius 1 is 1.29 bits per heavy atom. The zero-order valence-corrected chi connectivity index (χ0v) is 13.8. The van der Waals surface area contributed by atoms with Gasteiger partial charge in [-0.25, -0.2) is 0 Å². The molecule has 2 atom stereocenters. The van der Waals surface area contributed by atoms with Gasteiger partial charge in [0, 0.05) is 19.0 Å². The molecule has 4 nitrogen and oxygen atoms in total. The van der Waals surface area contributed by atoms with Crippen molar-refractivity contribution in [3.8, 4) is 0 Å². The van der Waals surface area contributed by atoms with E-state index in [9.17, 15) is 9.59 Å². The third kappa shape index (κ3) is 3.58. The van der Waals surface area contributed by atoms with Gasteiger partial charge in [-0.1, -0.05) is 39.5 Å². The molecule has 0 radical (unpaired) electrons. The van der Waals surface area contributed by atoms with Gasteiger partial charge in [0.2, 0.25) is 11.8 Å². The molecule has 0 aromatic carbocycles. The van der Waals surface area contributed by atoms with Crippen molar-refractivity contribution in [1.29, 1.82) is 0 Å². The molecule has 2 amide bonds.